The van der Waals surface area contributed by atoms with Gasteiger partial charge in [-0.1, -0.05) is 0 Å². The number of likely N-dealkylation sites (N-methyl/N-ethyl adjacent to an activating group) is 1. The summed E-state index contributed by atoms with van der Waals surface area (Å²) in [7, 11) is 1.45. The molecule has 2 fully saturated rings. The Balaban J connectivity index is 1.82. The number of hydrogen-bond donors (Lipinski definition) is 2. The highest BCUT2D eigenvalue weighted by Gasteiger charge is 2.55. The average molecular weight is 380 g/mol. The number of hydroxylamine groups is 1. The highest BCUT2D eigenvalue weighted by molar-refractivity contribution is 7.11. The third kappa shape index (κ3) is 3.10. The first-order chi connectivity index (χ1) is 12.3. The van der Waals surface area contributed by atoms with Crippen LogP contribution in [0.25, 0.3) is 0 Å². The minimum atomic E-state index is -1.16. The largest absolute Gasteiger partial charge is 0.331 e. The highest BCUT2D eigenvalue weighted by Crippen LogP contribution is 2.51. The van der Waals surface area contributed by atoms with Gasteiger partial charge in [-0.15, -0.1) is 11.3 Å². The molecule has 10 heteroatoms. The van der Waals surface area contributed by atoms with Crippen molar-refractivity contribution in [1.82, 2.24) is 20.3 Å². The molecule has 1 aliphatic heterocycles. The van der Waals surface area contributed by atoms with Crippen molar-refractivity contribution in [3.8, 4) is 0 Å². The van der Waals surface area contributed by atoms with Crippen LogP contribution in [0.1, 0.15) is 35.6 Å². The molecule has 9 nitrogen and oxygen atoms in total. The van der Waals surface area contributed by atoms with E-state index < -0.39 is 17.4 Å². The van der Waals surface area contributed by atoms with Crippen LogP contribution in [0, 0.1) is 6.92 Å². The second kappa shape index (κ2) is 6.76. The molecule has 1 unspecified atom stereocenters. The Morgan fingerprint density at radius 2 is 2.00 bits per heavy atom. The molecular formula is C16H20N4O5S. The van der Waals surface area contributed by atoms with Crippen LogP contribution in [-0.2, 0) is 24.6 Å². The van der Waals surface area contributed by atoms with E-state index in [-0.39, 0.29) is 37.1 Å². The second-order valence-electron chi connectivity index (χ2n) is 6.63. The Labute approximate surface area is 153 Å². The number of nitrogens with one attached hydrogen (secondary N) is 1. The third-order valence-electron chi connectivity index (χ3n) is 4.96. The van der Waals surface area contributed by atoms with Crippen molar-refractivity contribution in [1.29, 1.82) is 0 Å². The van der Waals surface area contributed by atoms with Crippen molar-refractivity contribution in [3.05, 3.63) is 16.1 Å². The summed E-state index contributed by atoms with van der Waals surface area (Å²) in [5, 5.41) is 9.89. The van der Waals surface area contributed by atoms with Gasteiger partial charge < -0.3 is 4.90 Å². The maximum absolute atomic E-state index is 13.1. The number of nitrogens with zero attached hydrogens (tertiary/aromatic N) is 3. The smallest absolute Gasteiger partial charge is 0.267 e. The third-order valence-corrected chi connectivity index (χ3v) is 6.08. The first-order valence-electron chi connectivity index (χ1n) is 8.27. The molecule has 26 heavy (non-hydrogen) atoms. The summed E-state index contributed by atoms with van der Waals surface area (Å²) in [6, 6.07) is -1.16. The van der Waals surface area contributed by atoms with Gasteiger partial charge in [0, 0.05) is 31.0 Å². The molecule has 1 aromatic rings. The molecule has 2 aliphatic rings. The number of carbonyl (C=O) groups excluding carboxylic acids is 4. The van der Waals surface area contributed by atoms with Crippen LogP contribution < -0.4 is 5.48 Å². The van der Waals surface area contributed by atoms with E-state index in [2.05, 4.69) is 4.98 Å². The van der Waals surface area contributed by atoms with Crippen molar-refractivity contribution in [2.24, 2.45) is 0 Å². The van der Waals surface area contributed by atoms with E-state index in [1.54, 1.807) is 6.20 Å². The number of amides is 4. The van der Waals surface area contributed by atoms with Crippen molar-refractivity contribution >= 4 is 35.0 Å². The predicted molar refractivity (Wildman–Crippen MR) is 90.2 cm³/mol. The molecule has 1 aromatic heterocycles. The SMILES string of the molecule is Cc1ncc(C2(C(=O)N(C)C(CN3C(=O)CCC3=O)C(=O)NO)CC2)s1. The second-order valence-corrected chi connectivity index (χ2v) is 7.87. The van der Waals surface area contributed by atoms with Gasteiger partial charge in [-0.25, -0.2) is 10.5 Å². The maximum atomic E-state index is 13.1. The van der Waals surface area contributed by atoms with Gasteiger partial charge in [0.15, 0.2) is 0 Å². The topological polar surface area (TPSA) is 120 Å². The molecule has 2 N–H and O–H groups in total. The lowest BCUT2D eigenvalue weighted by molar-refractivity contribution is -0.148. The summed E-state index contributed by atoms with van der Waals surface area (Å²) in [5.74, 6) is -1.89. The summed E-state index contributed by atoms with van der Waals surface area (Å²) in [6.07, 6.45) is 3.15. The summed E-state index contributed by atoms with van der Waals surface area (Å²) in [5.41, 5.74) is 0.814. The quantitative estimate of drug-likeness (QED) is 0.406. The van der Waals surface area contributed by atoms with Gasteiger partial charge in [0.2, 0.25) is 17.7 Å². The van der Waals surface area contributed by atoms with Crippen LogP contribution in [0.15, 0.2) is 6.20 Å². The Kier molecular flexibility index (Phi) is 4.80. The lowest BCUT2D eigenvalue weighted by Gasteiger charge is -2.31. The summed E-state index contributed by atoms with van der Waals surface area (Å²) >= 11 is 1.44. The number of carbonyl (C=O) groups is 4. The maximum Gasteiger partial charge on any atom is 0.267 e. The normalized spacial score (nSPS) is 19.4. The number of aromatic nitrogens is 1. The summed E-state index contributed by atoms with van der Waals surface area (Å²) in [4.78, 5) is 56.2. The zero-order chi connectivity index (χ0) is 19.1. The van der Waals surface area contributed by atoms with Crippen LogP contribution in [-0.4, -0.2) is 63.3 Å². The number of aryl methyl sites for hydroxylation is 1. The minimum Gasteiger partial charge on any atom is -0.331 e. The van der Waals surface area contributed by atoms with Gasteiger partial charge >= 0.3 is 0 Å². The van der Waals surface area contributed by atoms with E-state index in [0.29, 0.717) is 12.8 Å². The average Bonchev–Trinajstić information content (AvgIpc) is 3.23. The molecule has 4 amide bonds. The summed E-state index contributed by atoms with van der Waals surface area (Å²) in [6.45, 7) is 1.58. The van der Waals surface area contributed by atoms with Crippen LogP contribution in [0.5, 0.6) is 0 Å². The molecule has 1 atom stereocenters. The molecule has 0 radical (unpaired) electrons. The number of likely N-dealkylation sites (tertiary alicyclic amines) is 1. The molecule has 0 aromatic carbocycles. The monoisotopic (exact) mass is 380 g/mol. The molecular weight excluding hydrogens is 360 g/mol. The lowest BCUT2D eigenvalue weighted by Crippen LogP contribution is -2.55. The van der Waals surface area contributed by atoms with E-state index in [9.17, 15) is 19.2 Å². The Bertz CT molecular complexity index is 756. The Morgan fingerprint density at radius 1 is 1.38 bits per heavy atom. The Morgan fingerprint density at radius 3 is 2.46 bits per heavy atom. The lowest BCUT2D eigenvalue weighted by atomic mass is 10.0. The van der Waals surface area contributed by atoms with Gasteiger partial charge in [0.1, 0.15) is 6.04 Å². The Hall–Kier alpha value is -2.33. The zero-order valence-electron chi connectivity index (χ0n) is 14.5. The van der Waals surface area contributed by atoms with Crippen LogP contribution in [0.3, 0.4) is 0 Å². The number of imide groups is 1. The van der Waals surface area contributed by atoms with Gasteiger partial charge in [-0.2, -0.15) is 0 Å². The standard InChI is InChI=1S/C16H20N4O5S/c1-9-17-7-11(26-9)16(5-6-16)15(24)19(2)10(14(23)18-25)8-20-12(21)3-4-13(20)22/h7,10,25H,3-6,8H2,1-2H3,(H,18,23). The first kappa shape index (κ1) is 18.5. The van der Waals surface area contributed by atoms with Crippen LogP contribution in [0.4, 0.5) is 0 Å². The van der Waals surface area contributed by atoms with Crippen LogP contribution >= 0.6 is 11.3 Å². The predicted octanol–water partition coefficient (Wildman–Crippen LogP) is -0.0355. The highest BCUT2D eigenvalue weighted by atomic mass is 32.1. The van der Waals surface area contributed by atoms with Crippen molar-refractivity contribution < 1.29 is 24.4 Å². The van der Waals surface area contributed by atoms with Crippen molar-refractivity contribution in [2.45, 2.75) is 44.1 Å². The van der Waals surface area contributed by atoms with E-state index >= 15 is 0 Å². The fraction of sp³-hybridized carbons (Fsp3) is 0.562. The van der Waals surface area contributed by atoms with Gasteiger partial charge in [0.05, 0.1) is 17.0 Å². The fourth-order valence-electron chi connectivity index (χ4n) is 3.21. The van der Waals surface area contributed by atoms with Crippen molar-refractivity contribution in [2.75, 3.05) is 13.6 Å². The fourth-order valence-corrected chi connectivity index (χ4v) is 4.22. The van der Waals surface area contributed by atoms with Crippen LogP contribution in [0.2, 0.25) is 0 Å². The number of hydrogen-bond acceptors (Lipinski definition) is 7. The van der Waals surface area contributed by atoms with E-state index in [4.69, 9.17) is 5.21 Å². The molecule has 3 rings (SSSR count). The molecule has 2 heterocycles. The molecule has 1 saturated carbocycles. The van der Waals surface area contributed by atoms with E-state index in [1.807, 2.05) is 6.92 Å². The molecule has 0 spiro atoms. The number of rotatable bonds is 6. The molecule has 0 bridgehead atoms. The van der Waals surface area contributed by atoms with E-state index in [0.717, 1.165) is 14.8 Å². The van der Waals surface area contributed by atoms with Gasteiger partial charge in [-0.3, -0.25) is 29.3 Å². The van der Waals surface area contributed by atoms with Gasteiger partial charge in [0.25, 0.3) is 5.91 Å². The van der Waals surface area contributed by atoms with Crippen molar-refractivity contribution in [3.63, 3.8) is 0 Å². The minimum absolute atomic E-state index is 0.0913. The molecule has 1 saturated heterocycles. The summed E-state index contributed by atoms with van der Waals surface area (Å²) < 4.78 is 0. The zero-order valence-corrected chi connectivity index (χ0v) is 15.3. The first-order valence-corrected chi connectivity index (χ1v) is 9.09. The molecule has 140 valence electrons. The van der Waals surface area contributed by atoms with Gasteiger partial charge in [-0.05, 0) is 19.8 Å². The molecule has 1 aliphatic carbocycles. The van der Waals surface area contributed by atoms with E-state index in [1.165, 1.54) is 28.8 Å². The number of thiazole rings is 1.